The van der Waals surface area contributed by atoms with Crippen LogP contribution >= 0.6 is 11.6 Å². The van der Waals surface area contributed by atoms with E-state index in [1.54, 1.807) is 0 Å². The van der Waals surface area contributed by atoms with E-state index < -0.39 is 5.79 Å². The second-order valence-corrected chi connectivity index (χ2v) is 8.18. The van der Waals surface area contributed by atoms with Gasteiger partial charge in [0, 0.05) is 18.2 Å². The Morgan fingerprint density at radius 2 is 2.08 bits per heavy atom. The highest BCUT2D eigenvalue weighted by atomic mass is 35.5. The standard InChI is InChI=1S/C18H22ClN3O3/c1-18(2)24-14-9(7-23)6-12(15(14)25-18)22-11-5-3-4-10(11)13-16(19)20-8-21-17(13)22/h8-9,12,14-15,23H,3-7H2,1-2H3/t9-,12-,14-,15+/m1/s1. The maximum atomic E-state index is 9.86. The van der Waals surface area contributed by atoms with E-state index in [-0.39, 0.29) is 30.8 Å². The summed E-state index contributed by atoms with van der Waals surface area (Å²) in [4.78, 5) is 8.75. The molecule has 0 radical (unpaired) electrons. The van der Waals surface area contributed by atoms with E-state index >= 15 is 0 Å². The first-order chi connectivity index (χ1) is 12.0. The topological polar surface area (TPSA) is 69.4 Å². The molecule has 0 spiro atoms. The van der Waals surface area contributed by atoms with Gasteiger partial charge in [-0.1, -0.05) is 11.6 Å². The molecule has 25 heavy (non-hydrogen) atoms. The SMILES string of the molecule is CC1(C)O[C@@H]2[C@@H](CO)C[C@@H](n3c4c(c5c(Cl)ncnc53)CCC4)[C@@H]2O1. The van der Waals surface area contributed by atoms with Crippen LogP contribution in [-0.4, -0.2) is 44.2 Å². The Morgan fingerprint density at radius 3 is 2.88 bits per heavy atom. The molecule has 2 fully saturated rings. The summed E-state index contributed by atoms with van der Waals surface area (Å²) in [6, 6.07) is 0.0965. The summed E-state index contributed by atoms with van der Waals surface area (Å²) in [5.74, 6) is -0.552. The Labute approximate surface area is 151 Å². The largest absolute Gasteiger partial charge is 0.396 e. The van der Waals surface area contributed by atoms with Crippen molar-refractivity contribution in [3.05, 3.63) is 22.7 Å². The van der Waals surface area contributed by atoms with Crippen molar-refractivity contribution in [3.8, 4) is 0 Å². The molecule has 3 aliphatic rings. The van der Waals surface area contributed by atoms with E-state index in [0.717, 1.165) is 36.7 Å². The normalized spacial score (nSPS) is 33.1. The number of aliphatic hydroxyl groups excluding tert-OH is 1. The first-order valence-electron chi connectivity index (χ1n) is 8.99. The minimum Gasteiger partial charge on any atom is -0.396 e. The Morgan fingerprint density at radius 1 is 1.28 bits per heavy atom. The molecule has 1 saturated heterocycles. The number of fused-ring (bicyclic) bond motifs is 4. The summed E-state index contributed by atoms with van der Waals surface area (Å²) in [5, 5.41) is 11.4. The zero-order valence-corrected chi connectivity index (χ0v) is 15.2. The number of hydrogen-bond acceptors (Lipinski definition) is 5. The van der Waals surface area contributed by atoms with E-state index in [4.69, 9.17) is 21.1 Å². The number of aryl methyl sites for hydroxylation is 1. The number of aromatic nitrogens is 3. The molecule has 2 aliphatic carbocycles. The van der Waals surface area contributed by atoms with Gasteiger partial charge in [0.15, 0.2) is 5.79 Å². The lowest BCUT2D eigenvalue weighted by atomic mass is 10.1. The third kappa shape index (κ3) is 2.21. The summed E-state index contributed by atoms with van der Waals surface area (Å²) in [6.45, 7) is 3.98. The highest BCUT2D eigenvalue weighted by molar-refractivity contribution is 6.34. The van der Waals surface area contributed by atoms with Gasteiger partial charge in [-0.2, -0.15) is 0 Å². The molecule has 1 N–H and O–H groups in total. The Hall–Kier alpha value is -1.21. The molecule has 5 rings (SSSR count). The molecular weight excluding hydrogens is 342 g/mol. The summed E-state index contributed by atoms with van der Waals surface area (Å²) >= 11 is 6.41. The van der Waals surface area contributed by atoms with E-state index in [1.807, 2.05) is 13.8 Å². The van der Waals surface area contributed by atoms with Gasteiger partial charge in [0.05, 0.1) is 17.5 Å². The third-order valence-electron chi connectivity index (χ3n) is 5.91. The lowest BCUT2D eigenvalue weighted by molar-refractivity contribution is -0.161. The van der Waals surface area contributed by atoms with Crippen LogP contribution in [0.4, 0.5) is 0 Å². The lowest BCUT2D eigenvalue weighted by Gasteiger charge is -2.25. The van der Waals surface area contributed by atoms with Crippen LogP contribution in [-0.2, 0) is 22.3 Å². The maximum absolute atomic E-state index is 9.86. The summed E-state index contributed by atoms with van der Waals surface area (Å²) in [7, 11) is 0. The Bertz CT molecular complexity index is 850. The van der Waals surface area contributed by atoms with Crippen LogP contribution in [0.3, 0.4) is 0 Å². The zero-order valence-electron chi connectivity index (χ0n) is 14.4. The van der Waals surface area contributed by atoms with Crippen molar-refractivity contribution >= 4 is 22.6 Å². The van der Waals surface area contributed by atoms with E-state index in [9.17, 15) is 5.11 Å². The average Bonchev–Trinajstić information content (AvgIpc) is 3.26. The van der Waals surface area contributed by atoms with E-state index in [0.29, 0.717) is 5.15 Å². The molecule has 7 heteroatoms. The summed E-state index contributed by atoms with van der Waals surface area (Å²) < 4.78 is 14.7. The zero-order chi connectivity index (χ0) is 17.3. The molecule has 1 aliphatic heterocycles. The van der Waals surface area contributed by atoms with Gasteiger partial charge in [0.2, 0.25) is 0 Å². The predicted octanol–water partition coefficient (Wildman–Crippen LogP) is 2.65. The second-order valence-electron chi connectivity index (χ2n) is 7.82. The number of rotatable bonds is 2. The number of nitrogens with zero attached hydrogens (tertiary/aromatic N) is 3. The molecule has 1 saturated carbocycles. The van der Waals surface area contributed by atoms with Crippen LogP contribution in [0.5, 0.6) is 0 Å². The highest BCUT2D eigenvalue weighted by Crippen LogP contribution is 2.49. The van der Waals surface area contributed by atoms with Crippen LogP contribution < -0.4 is 0 Å². The van der Waals surface area contributed by atoms with Gasteiger partial charge in [-0.3, -0.25) is 0 Å². The van der Waals surface area contributed by atoms with Crippen LogP contribution in [0, 0.1) is 5.92 Å². The van der Waals surface area contributed by atoms with Gasteiger partial charge in [-0.25, -0.2) is 9.97 Å². The third-order valence-corrected chi connectivity index (χ3v) is 6.19. The number of hydrogen-bond donors (Lipinski definition) is 1. The number of halogens is 1. The molecule has 134 valence electrons. The molecule has 2 aromatic rings. The first-order valence-corrected chi connectivity index (χ1v) is 9.36. The lowest BCUT2D eigenvalue weighted by Crippen LogP contribution is -2.28. The molecule has 0 amide bonds. The predicted molar refractivity (Wildman–Crippen MR) is 92.6 cm³/mol. The molecule has 2 aromatic heterocycles. The molecule has 0 unspecified atom stereocenters. The smallest absolute Gasteiger partial charge is 0.163 e. The molecule has 0 bridgehead atoms. The summed E-state index contributed by atoms with van der Waals surface area (Å²) in [5.41, 5.74) is 3.47. The van der Waals surface area contributed by atoms with Crippen molar-refractivity contribution in [2.75, 3.05) is 6.61 Å². The quantitative estimate of drug-likeness (QED) is 0.831. The van der Waals surface area contributed by atoms with Gasteiger partial charge in [0.25, 0.3) is 0 Å². The average molecular weight is 364 g/mol. The molecule has 6 nitrogen and oxygen atoms in total. The molecular formula is C18H22ClN3O3. The van der Waals surface area contributed by atoms with Crippen molar-refractivity contribution in [3.63, 3.8) is 0 Å². The van der Waals surface area contributed by atoms with Gasteiger partial charge >= 0.3 is 0 Å². The Balaban J connectivity index is 1.68. The van der Waals surface area contributed by atoms with Gasteiger partial charge in [0.1, 0.15) is 23.2 Å². The van der Waals surface area contributed by atoms with Gasteiger partial charge < -0.3 is 19.1 Å². The van der Waals surface area contributed by atoms with Gasteiger partial charge in [-0.15, -0.1) is 0 Å². The second kappa shape index (κ2) is 5.39. The fourth-order valence-electron chi connectivity index (χ4n) is 5.03. The molecule has 4 atom stereocenters. The number of aliphatic hydroxyl groups is 1. The van der Waals surface area contributed by atoms with Gasteiger partial charge in [-0.05, 0) is 45.1 Å². The minimum absolute atomic E-state index is 0.0728. The summed E-state index contributed by atoms with van der Waals surface area (Å²) in [6.07, 6.45) is 5.34. The van der Waals surface area contributed by atoms with Crippen molar-refractivity contribution < 1.29 is 14.6 Å². The Kier molecular flexibility index (Phi) is 3.45. The molecule has 3 heterocycles. The van der Waals surface area contributed by atoms with Crippen molar-refractivity contribution in [1.82, 2.24) is 14.5 Å². The van der Waals surface area contributed by atoms with Crippen LogP contribution in [0.25, 0.3) is 11.0 Å². The first kappa shape index (κ1) is 16.0. The van der Waals surface area contributed by atoms with Crippen LogP contribution in [0.1, 0.15) is 44.0 Å². The van der Waals surface area contributed by atoms with E-state index in [2.05, 4.69) is 14.5 Å². The fraction of sp³-hybridized carbons (Fsp3) is 0.667. The van der Waals surface area contributed by atoms with Crippen molar-refractivity contribution in [1.29, 1.82) is 0 Å². The minimum atomic E-state index is -0.625. The molecule has 0 aromatic carbocycles. The number of ether oxygens (including phenoxy) is 2. The highest BCUT2D eigenvalue weighted by Gasteiger charge is 2.55. The van der Waals surface area contributed by atoms with Crippen LogP contribution in [0.15, 0.2) is 6.33 Å². The monoisotopic (exact) mass is 363 g/mol. The van der Waals surface area contributed by atoms with Crippen molar-refractivity contribution in [2.24, 2.45) is 5.92 Å². The van der Waals surface area contributed by atoms with Crippen LogP contribution in [0.2, 0.25) is 5.15 Å². The van der Waals surface area contributed by atoms with Crippen molar-refractivity contribution in [2.45, 2.75) is 63.6 Å². The maximum Gasteiger partial charge on any atom is 0.163 e. The fourth-order valence-corrected chi connectivity index (χ4v) is 5.28. The van der Waals surface area contributed by atoms with E-state index in [1.165, 1.54) is 17.6 Å².